The molecule has 1 aromatic carbocycles. The molecule has 0 fully saturated rings. The van der Waals surface area contributed by atoms with Crippen LogP contribution in [0.25, 0.3) is 0 Å². The van der Waals surface area contributed by atoms with Gasteiger partial charge in [0.15, 0.2) is 0 Å². The minimum atomic E-state index is 0.455. The van der Waals surface area contributed by atoms with Crippen LogP contribution in [0.3, 0.4) is 0 Å². The number of pyridine rings is 1. The van der Waals surface area contributed by atoms with E-state index in [0.717, 1.165) is 29.2 Å². The predicted octanol–water partition coefficient (Wildman–Crippen LogP) is 3.78. The molecule has 21 heavy (non-hydrogen) atoms. The largest absolute Gasteiger partial charge is 0.487 e. The second-order valence-corrected chi connectivity index (χ2v) is 5.66. The number of rotatable bonds is 6. The van der Waals surface area contributed by atoms with Crippen LogP contribution in [0.1, 0.15) is 36.4 Å². The van der Waals surface area contributed by atoms with E-state index >= 15 is 0 Å². The first kappa shape index (κ1) is 15.5. The predicted molar refractivity (Wildman–Crippen MR) is 86.5 cm³/mol. The van der Waals surface area contributed by atoms with E-state index in [-0.39, 0.29) is 0 Å². The van der Waals surface area contributed by atoms with Gasteiger partial charge in [-0.05, 0) is 31.5 Å². The Bertz CT molecular complexity index is 594. The van der Waals surface area contributed by atoms with E-state index in [1.807, 2.05) is 25.1 Å². The van der Waals surface area contributed by atoms with Gasteiger partial charge in [-0.2, -0.15) is 0 Å². The minimum absolute atomic E-state index is 0.455. The van der Waals surface area contributed by atoms with Gasteiger partial charge >= 0.3 is 0 Å². The molecule has 0 aliphatic carbocycles. The maximum atomic E-state index is 6.04. The summed E-state index contributed by atoms with van der Waals surface area (Å²) in [5.74, 6) is 0.967. The molecule has 0 saturated carbocycles. The molecule has 2 aromatic rings. The lowest BCUT2D eigenvalue weighted by atomic mass is 10.1. The Morgan fingerprint density at radius 3 is 2.57 bits per heavy atom. The summed E-state index contributed by atoms with van der Waals surface area (Å²) < 4.78 is 6.04. The number of hydrogen-bond acceptors (Lipinski definition) is 3. The molecule has 3 heteroatoms. The van der Waals surface area contributed by atoms with Gasteiger partial charge in [0.25, 0.3) is 0 Å². The molecule has 1 N–H and O–H groups in total. The number of para-hydroxylation sites is 1. The summed E-state index contributed by atoms with van der Waals surface area (Å²) in [7, 11) is 0. The topological polar surface area (TPSA) is 34.1 Å². The van der Waals surface area contributed by atoms with Gasteiger partial charge < -0.3 is 10.1 Å². The molecular weight excluding hydrogens is 260 g/mol. The van der Waals surface area contributed by atoms with Crippen LogP contribution in [0, 0.1) is 13.8 Å². The Morgan fingerprint density at radius 2 is 1.86 bits per heavy atom. The third-order valence-electron chi connectivity index (χ3n) is 3.30. The highest BCUT2D eigenvalue weighted by Crippen LogP contribution is 2.24. The third kappa shape index (κ3) is 4.57. The highest BCUT2D eigenvalue weighted by Gasteiger charge is 2.08. The molecule has 0 spiro atoms. The van der Waals surface area contributed by atoms with Crippen LogP contribution in [-0.4, -0.2) is 11.0 Å². The van der Waals surface area contributed by atoms with Gasteiger partial charge in [0.1, 0.15) is 12.4 Å². The molecule has 0 atom stereocenters. The molecule has 1 aromatic heterocycles. The quantitative estimate of drug-likeness (QED) is 0.876. The number of ether oxygens (including phenoxy) is 1. The van der Waals surface area contributed by atoms with E-state index in [1.165, 1.54) is 5.56 Å². The zero-order chi connectivity index (χ0) is 15.2. The molecular formula is C18H24N2O. The first-order chi connectivity index (χ1) is 10.1. The molecule has 2 rings (SSSR count). The molecule has 1 heterocycles. The fraction of sp³-hybridized carbons (Fsp3) is 0.389. The van der Waals surface area contributed by atoms with Crippen molar-refractivity contribution in [3.05, 3.63) is 58.9 Å². The van der Waals surface area contributed by atoms with Gasteiger partial charge in [0.05, 0.1) is 5.69 Å². The van der Waals surface area contributed by atoms with Crippen molar-refractivity contribution >= 4 is 0 Å². The number of nitrogens with zero attached hydrogens (tertiary/aromatic N) is 1. The maximum absolute atomic E-state index is 6.04. The van der Waals surface area contributed by atoms with Gasteiger partial charge in [-0.1, -0.05) is 38.1 Å². The fourth-order valence-electron chi connectivity index (χ4n) is 2.20. The molecule has 0 radical (unpaired) electrons. The van der Waals surface area contributed by atoms with Crippen LogP contribution in [0.2, 0.25) is 0 Å². The van der Waals surface area contributed by atoms with E-state index in [4.69, 9.17) is 4.74 Å². The first-order valence-corrected chi connectivity index (χ1v) is 7.43. The number of aromatic nitrogens is 1. The van der Waals surface area contributed by atoms with Crippen molar-refractivity contribution in [3.63, 3.8) is 0 Å². The Labute approximate surface area is 127 Å². The van der Waals surface area contributed by atoms with E-state index < -0.39 is 0 Å². The standard InChI is InChI=1S/C18H24N2O/c1-13(2)19-11-16-9-5-7-14(3)18(16)21-12-17-10-6-8-15(4)20-17/h5-10,13,19H,11-12H2,1-4H3. The lowest BCUT2D eigenvalue weighted by Crippen LogP contribution is -2.22. The Balaban J connectivity index is 2.11. The monoisotopic (exact) mass is 284 g/mol. The lowest BCUT2D eigenvalue weighted by molar-refractivity contribution is 0.294. The number of hydrogen-bond donors (Lipinski definition) is 1. The normalized spacial score (nSPS) is 10.9. The van der Waals surface area contributed by atoms with Gasteiger partial charge in [-0.3, -0.25) is 4.98 Å². The van der Waals surface area contributed by atoms with Crippen LogP contribution in [0.15, 0.2) is 36.4 Å². The van der Waals surface area contributed by atoms with Crippen LogP contribution in [0.5, 0.6) is 5.75 Å². The van der Waals surface area contributed by atoms with Gasteiger partial charge in [0, 0.05) is 23.8 Å². The SMILES string of the molecule is Cc1cccc(COc2c(C)cccc2CNC(C)C)n1. The molecule has 0 aliphatic rings. The summed E-state index contributed by atoms with van der Waals surface area (Å²) >= 11 is 0. The summed E-state index contributed by atoms with van der Waals surface area (Å²) in [5, 5.41) is 3.44. The summed E-state index contributed by atoms with van der Waals surface area (Å²) in [6.45, 7) is 9.68. The van der Waals surface area contributed by atoms with Crippen molar-refractivity contribution in [1.29, 1.82) is 0 Å². The molecule has 0 bridgehead atoms. The van der Waals surface area contributed by atoms with E-state index in [0.29, 0.717) is 12.6 Å². The van der Waals surface area contributed by atoms with E-state index in [1.54, 1.807) is 0 Å². The number of benzene rings is 1. The molecule has 0 aliphatic heterocycles. The summed E-state index contributed by atoms with van der Waals surface area (Å²) in [6, 6.07) is 12.7. The molecule has 0 saturated heterocycles. The van der Waals surface area contributed by atoms with Crippen LogP contribution in [-0.2, 0) is 13.2 Å². The maximum Gasteiger partial charge on any atom is 0.130 e. The first-order valence-electron chi connectivity index (χ1n) is 7.43. The van der Waals surface area contributed by atoms with Crippen molar-refractivity contribution in [2.45, 2.75) is 46.9 Å². The Morgan fingerprint density at radius 1 is 1.10 bits per heavy atom. The van der Waals surface area contributed by atoms with E-state index in [9.17, 15) is 0 Å². The van der Waals surface area contributed by atoms with Gasteiger partial charge in [-0.15, -0.1) is 0 Å². The second kappa shape index (κ2) is 7.23. The average molecular weight is 284 g/mol. The van der Waals surface area contributed by atoms with E-state index in [2.05, 4.69) is 49.3 Å². The Kier molecular flexibility index (Phi) is 5.34. The second-order valence-electron chi connectivity index (χ2n) is 5.66. The smallest absolute Gasteiger partial charge is 0.130 e. The zero-order valence-corrected chi connectivity index (χ0v) is 13.3. The van der Waals surface area contributed by atoms with Gasteiger partial charge in [-0.25, -0.2) is 0 Å². The van der Waals surface area contributed by atoms with Crippen molar-refractivity contribution in [2.75, 3.05) is 0 Å². The highest BCUT2D eigenvalue weighted by molar-refractivity contribution is 5.40. The highest BCUT2D eigenvalue weighted by atomic mass is 16.5. The number of aryl methyl sites for hydroxylation is 2. The molecule has 0 amide bonds. The van der Waals surface area contributed by atoms with Crippen LogP contribution in [0.4, 0.5) is 0 Å². The van der Waals surface area contributed by atoms with Crippen molar-refractivity contribution in [3.8, 4) is 5.75 Å². The van der Waals surface area contributed by atoms with Crippen molar-refractivity contribution in [1.82, 2.24) is 10.3 Å². The minimum Gasteiger partial charge on any atom is -0.487 e. The van der Waals surface area contributed by atoms with Crippen molar-refractivity contribution in [2.24, 2.45) is 0 Å². The Hall–Kier alpha value is -1.87. The molecule has 0 unspecified atom stereocenters. The molecule has 3 nitrogen and oxygen atoms in total. The zero-order valence-electron chi connectivity index (χ0n) is 13.3. The van der Waals surface area contributed by atoms with Crippen LogP contribution < -0.4 is 10.1 Å². The number of nitrogens with one attached hydrogen (secondary N) is 1. The molecule has 112 valence electrons. The summed E-state index contributed by atoms with van der Waals surface area (Å²) in [5.41, 5.74) is 4.32. The fourth-order valence-corrected chi connectivity index (χ4v) is 2.20. The lowest BCUT2D eigenvalue weighted by Gasteiger charge is -2.16. The van der Waals surface area contributed by atoms with Crippen molar-refractivity contribution < 1.29 is 4.74 Å². The third-order valence-corrected chi connectivity index (χ3v) is 3.30. The summed E-state index contributed by atoms with van der Waals surface area (Å²) in [6.07, 6.45) is 0. The van der Waals surface area contributed by atoms with Gasteiger partial charge in [0.2, 0.25) is 0 Å². The average Bonchev–Trinajstić information content (AvgIpc) is 2.44. The van der Waals surface area contributed by atoms with Crippen LogP contribution >= 0.6 is 0 Å². The summed E-state index contributed by atoms with van der Waals surface area (Å²) in [4.78, 5) is 4.48.